The Morgan fingerprint density at radius 1 is 1.45 bits per heavy atom. The van der Waals surface area contributed by atoms with Crippen molar-refractivity contribution in [1.29, 1.82) is 0 Å². The zero-order valence-corrected chi connectivity index (χ0v) is 11.5. The smallest absolute Gasteiger partial charge is 0.323 e. The molecule has 0 saturated heterocycles. The van der Waals surface area contributed by atoms with Crippen molar-refractivity contribution < 1.29 is 14.6 Å². The first-order chi connectivity index (χ1) is 9.40. The molecule has 106 valence electrons. The molecule has 1 aromatic carbocycles. The molecule has 2 unspecified atom stereocenters. The molecule has 5 heteroatoms. The van der Waals surface area contributed by atoms with Gasteiger partial charge < -0.3 is 15.6 Å². The highest BCUT2D eigenvalue weighted by atomic mass is 16.5. The quantitative estimate of drug-likeness (QED) is 0.873. The van der Waals surface area contributed by atoms with Crippen LogP contribution in [0.15, 0.2) is 36.5 Å². The lowest BCUT2D eigenvalue weighted by Crippen LogP contribution is -2.47. The molecule has 0 bridgehead atoms. The number of para-hydroxylation sites is 1. The number of carboxylic acid groups (broad SMARTS) is 1. The van der Waals surface area contributed by atoms with Gasteiger partial charge in [-0.15, -0.1) is 0 Å². The van der Waals surface area contributed by atoms with E-state index in [-0.39, 0.29) is 12.5 Å². The maximum atomic E-state index is 11.0. The van der Waals surface area contributed by atoms with Crippen LogP contribution in [0.4, 0.5) is 0 Å². The van der Waals surface area contributed by atoms with Gasteiger partial charge in [0.25, 0.3) is 0 Å². The highest BCUT2D eigenvalue weighted by Gasteiger charge is 2.30. The van der Waals surface area contributed by atoms with Crippen molar-refractivity contribution >= 4 is 16.9 Å². The molecule has 2 aromatic rings. The Labute approximate surface area is 117 Å². The topological polar surface area (TPSA) is 85.4 Å². The fourth-order valence-electron chi connectivity index (χ4n) is 2.11. The second kappa shape index (κ2) is 5.46. The number of fused-ring (bicyclic) bond motifs is 1. The first-order valence-corrected chi connectivity index (χ1v) is 6.43. The van der Waals surface area contributed by atoms with Crippen LogP contribution >= 0.6 is 0 Å². The number of ether oxygens (including phenoxy) is 1. The number of nitrogens with zero attached hydrogens (tertiary/aromatic N) is 1. The molecule has 0 radical (unpaired) electrons. The average Bonchev–Trinajstić information content (AvgIpc) is 2.38. The molecule has 0 spiro atoms. The minimum Gasteiger partial charge on any atom is -0.488 e. The van der Waals surface area contributed by atoms with Crippen molar-refractivity contribution in [2.24, 2.45) is 5.73 Å². The zero-order chi connectivity index (χ0) is 14.8. The number of rotatable bonds is 5. The fraction of sp³-hybridized carbons (Fsp3) is 0.333. The summed E-state index contributed by atoms with van der Waals surface area (Å²) >= 11 is 0. The zero-order valence-electron chi connectivity index (χ0n) is 11.5. The van der Waals surface area contributed by atoms with E-state index in [0.29, 0.717) is 5.75 Å². The monoisotopic (exact) mass is 274 g/mol. The number of benzene rings is 1. The summed E-state index contributed by atoms with van der Waals surface area (Å²) in [7, 11) is 0. The second-order valence-corrected chi connectivity index (χ2v) is 5.19. The van der Waals surface area contributed by atoms with Gasteiger partial charge in [0.2, 0.25) is 0 Å². The summed E-state index contributed by atoms with van der Waals surface area (Å²) in [6.45, 7) is 3.28. The van der Waals surface area contributed by atoms with Crippen LogP contribution in [0.5, 0.6) is 5.75 Å². The lowest BCUT2D eigenvalue weighted by atomic mass is 9.96. The maximum Gasteiger partial charge on any atom is 0.323 e. The van der Waals surface area contributed by atoms with Crippen molar-refractivity contribution in [2.75, 3.05) is 0 Å². The van der Waals surface area contributed by atoms with Crippen molar-refractivity contribution in [3.8, 4) is 5.75 Å². The highest BCUT2D eigenvalue weighted by molar-refractivity contribution is 5.84. The van der Waals surface area contributed by atoms with Crippen LogP contribution in [0.25, 0.3) is 10.9 Å². The number of aromatic nitrogens is 1. The summed E-state index contributed by atoms with van der Waals surface area (Å²) < 4.78 is 5.81. The molecule has 0 fully saturated rings. The van der Waals surface area contributed by atoms with Crippen molar-refractivity contribution in [3.05, 3.63) is 36.5 Å². The lowest BCUT2D eigenvalue weighted by Gasteiger charge is -2.24. The van der Waals surface area contributed by atoms with Gasteiger partial charge in [0.1, 0.15) is 16.8 Å². The summed E-state index contributed by atoms with van der Waals surface area (Å²) in [5.74, 6) is -0.402. The molecule has 2 rings (SSSR count). The Morgan fingerprint density at radius 2 is 2.15 bits per heavy atom. The minimum absolute atomic E-state index is 0.214. The van der Waals surface area contributed by atoms with Gasteiger partial charge in [-0.2, -0.15) is 0 Å². The number of carboxylic acids is 1. The maximum absolute atomic E-state index is 11.0. The van der Waals surface area contributed by atoms with Crippen molar-refractivity contribution in [1.82, 2.24) is 4.98 Å². The Kier molecular flexibility index (Phi) is 3.90. The fourth-order valence-corrected chi connectivity index (χ4v) is 2.11. The third kappa shape index (κ3) is 3.05. The van der Waals surface area contributed by atoms with E-state index in [2.05, 4.69) is 4.98 Å². The molecule has 0 saturated carbocycles. The Balaban J connectivity index is 2.18. The third-order valence-corrected chi connectivity index (χ3v) is 3.12. The molecule has 0 amide bonds. The molecule has 20 heavy (non-hydrogen) atoms. The van der Waals surface area contributed by atoms with Gasteiger partial charge in [-0.05, 0) is 26.0 Å². The molecule has 2 atom stereocenters. The van der Waals surface area contributed by atoms with Gasteiger partial charge in [-0.1, -0.05) is 18.2 Å². The Hall–Kier alpha value is -2.14. The molecular weight excluding hydrogens is 256 g/mol. The van der Waals surface area contributed by atoms with Crippen LogP contribution in [-0.4, -0.2) is 27.7 Å². The molecule has 1 aromatic heterocycles. The average molecular weight is 274 g/mol. The summed E-state index contributed by atoms with van der Waals surface area (Å²) in [6, 6.07) is 9.45. The largest absolute Gasteiger partial charge is 0.488 e. The van der Waals surface area contributed by atoms with Gasteiger partial charge in [-0.25, -0.2) is 0 Å². The van der Waals surface area contributed by atoms with E-state index in [1.807, 2.05) is 30.3 Å². The van der Waals surface area contributed by atoms with Crippen molar-refractivity contribution in [2.45, 2.75) is 31.9 Å². The number of carbonyl (C=O) groups is 1. The second-order valence-electron chi connectivity index (χ2n) is 5.19. The van der Waals surface area contributed by atoms with E-state index in [4.69, 9.17) is 15.6 Å². The van der Waals surface area contributed by atoms with E-state index in [9.17, 15) is 4.79 Å². The molecule has 0 aliphatic rings. The van der Waals surface area contributed by atoms with Crippen molar-refractivity contribution in [3.63, 3.8) is 0 Å². The highest BCUT2D eigenvalue weighted by Crippen LogP contribution is 2.25. The van der Waals surface area contributed by atoms with Crippen LogP contribution in [0, 0.1) is 0 Å². The standard InChI is InChI=1S/C15H18N2O3/c1-10(9-15(2,16)14(18)19)20-12-7-3-5-11-6-4-8-17-13(11)12/h3-8,10H,9,16H2,1-2H3,(H,18,19). The van der Waals surface area contributed by atoms with E-state index < -0.39 is 11.5 Å². The molecule has 3 N–H and O–H groups in total. The lowest BCUT2D eigenvalue weighted by molar-refractivity contribution is -0.143. The number of nitrogens with two attached hydrogens (primary N) is 1. The predicted molar refractivity (Wildman–Crippen MR) is 76.7 cm³/mol. The van der Waals surface area contributed by atoms with Crippen LogP contribution in [0.1, 0.15) is 20.3 Å². The number of pyridine rings is 1. The SMILES string of the molecule is CC(CC(C)(N)C(=O)O)Oc1cccc2cccnc12. The van der Waals surface area contributed by atoms with E-state index in [0.717, 1.165) is 10.9 Å². The number of hydrogen-bond acceptors (Lipinski definition) is 4. The molecule has 1 heterocycles. The predicted octanol–water partition coefficient (Wildman–Crippen LogP) is 2.19. The summed E-state index contributed by atoms with van der Waals surface area (Å²) in [6.07, 6.45) is 1.59. The van der Waals surface area contributed by atoms with E-state index in [1.54, 1.807) is 13.1 Å². The van der Waals surface area contributed by atoms with Gasteiger partial charge in [-0.3, -0.25) is 9.78 Å². The van der Waals surface area contributed by atoms with Gasteiger partial charge in [0, 0.05) is 18.0 Å². The third-order valence-electron chi connectivity index (χ3n) is 3.12. The summed E-state index contributed by atoms with van der Waals surface area (Å²) in [4.78, 5) is 15.3. The number of hydrogen-bond donors (Lipinski definition) is 2. The van der Waals surface area contributed by atoms with Crippen LogP contribution in [0.2, 0.25) is 0 Å². The first-order valence-electron chi connectivity index (χ1n) is 6.43. The van der Waals surface area contributed by atoms with Crippen LogP contribution in [-0.2, 0) is 4.79 Å². The van der Waals surface area contributed by atoms with E-state index >= 15 is 0 Å². The van der Waals surface area contributed by atoms with Gasteiger partial charge in [0.15, 0.2) is 0 Å². The Morgan fingerprint density at radius 3 is 2.85 bits per heavy atom. The molecule has 5 nitrogen and oxygen atoms in total. The molecule has 0 aliphatic carbocycles. The Bertz CT molecular complexity index is 620. The van der Waals surface area contributed by atoms with Crippen LogP contribution < -0.4 is 10.5 Å². The van der Waals surface area contributed by atoms with Gasteiger partial charge in [0.05, 0.1) is 6.10 Å². The molecular formula is C15H18N2O3. The normalized spacial score (nSPS) is 15.6. The first kappa shape index (κ1) is 14.3. The minimum atomic E-state index is -1.31. The van der Waals surface area contributed by atoms with Crippen LogP contribution in [0.3, 0.4) is 0 Å². The number of aliphatic carboxylic acids is 1. The van der Waals surface area contributed by atoms with Gasteiger partial charge >= 0.3 is 5.97 Å². The van der Waals surface area contributed by atoms with E-state index in [1.165, 1.54) is 6.92 Å². The summed E-state index contributed by atoms with van der Waals surface area (Å²) in [5.41, 5.74) is 5.18. The molecule has 0 aliphatic heterocycles. The summed E-state index contributed by atoms with van der Waals surface area (Å²) in [5, 5.41) is 10.0.